The minimum Gasteiger partial charge on any atom is -0.375 e. The van der Waals surface area contributed by atoms with Crippen LogP contribution in [0.15, 0.2) is 0 Å². The SMILES string of the molecule is CCCCCCCNC1CCOC(C)(C)C1. The lowest BCUT2D eigenvalue weighted by Crippen LogP contribution is -2.43. The summed E-state index contributed by atoms with van der Waals surface area (Å²) in [5.41, 5.74) is 0.0815. The van der Waals surface area contributed by atoms with Crippen LogP contribution in [0.3, 0.4) is 0 Å². The molecule has 1 atom stereocenters. The molecule has 1 aliphatic rings. The summed E-state index contributed by atoms with van der Waals surface area (Å²) in [5, 5.41) is 3.67. The third-order valence-corrected chi connectivity index (χ3v) is 3.41. The van der Waals surface area contributed by atoms with E-state index in [1.807, 2.05) is 0 Å². The van der Waals surface area contributed by atoms with E-state index in [0.29, 0.717) is 6.04 Å². The van der Waals surface area contributed by atoms with E-state index in [-0.39, 0.29) is 5.60 Å². The molecule has 0 spiro atoms. The average Bonchev–Trinajstić information content (AvgIpc) is 2.22. The number of unbranched alkanes of at least 4 members (excludes halogenated alkanes) is 4. The minimum atomic E-state index is 0.0815. The van der Waals surface area contributed by atoms with Crippen LogP contribution in [0.2, 0.25) is 0 Å². The first-order valence-electron chi connectivity index (χ1n) is 7.01. The summed E-state index contributed by atoms with van der Waals surface area (Å²) >= 11 is 0. The van der Waals surface area contributed by atoms with Gasteiger partial charge < -0.3 is 10.1 Å². The summed E-state index contributed by atoms with van der Waals surface area (Å²) in [4.78, 5) is 0. The normalized spacial score (nSPS) is 24.6. The number of rotatable bonds is 7. The zero-order chi connectivity index (χ0) is 11.9. The van der Waals surface area contributed by atoms with E-state index in [4.69, 9.17) is 4.74 Å². The Kier molecular flexibility index (Phi) is 6.37. The van der Waals surface area contributed by atoms with Crippen molar-refractivity contribution in [1.29, 1.82) is 0 Å². The lowest BCUT2D eigenvalue weighted by Gasteiger charge is -2.36. The van der Waals surface area contributed by atoms with Crippen LogP contribution in [0, 0.1) is 0 Å². The van der Waals surface area contributed by atoms with Gasteiger partial charge in [-0.2, -0.15) is 0 Å². The molecule has 1 fully saturated rings. The number of hydrogen-bond acceptors (Lipinski definition) is 2. The van der Waals surface area contributed by atoms with Gasteiger partial charge >= 0.3 is 0 Å². The Morgan fingerprint density at radius 3 is 2.62 bits per heavy atom. The molecule has 2 nitrogen and oxygen atoms in total. The molecule has 0 aromatic heterocycles. The second-order valence-corrected chi connectivity index (χ2v) is 5.67. The third-order valence-electron chi connectivity index (χ3n) is 3.41. The van der Waals surface area contributed by atoms with E-state index < -0.39 is 0 Å². The third kappa shape index (κ3) is 5.86. The Morgan fingerprint density at radius 1 is 1.19 bits per heavy atom. The van der Waals surface area contributed by atoms with Crippen molar-refractivity contribution in [1.82, 2.24) is 5.32 Å². The van der Waals surface area contributed by atoms with E-state index in [1.165, 1.54) is 45.1 Å². The van der Waals surface area contributed by atoms with Gasteiger partial charge in [0.25, 0.3) is 0 Å². The summed E-state index contributed by atoms with van der Waals surface area (Å²) in [6, 6.07) is 0.676. The van der Waals surface area contributed by atoms with Crippen LogP contribution in [-0.4, -0.2) is 24.8 Å². The van der Waals surface area contributed by atoms with Crippen molar-refractivity contribution in [2.24, 2.45) is 0 Å². The molecule has 0 amide bonds. The van der Waals surface area contributed by atoms with Crippen LogP contribution >= 0.6 is 0 Å². The van der Waals surface area contributed by atoms with Gasteiger partial charge in [-0.3, -0.25) is 0 Å². The Morgan fingerprint density at radius 2 is 1.94 bits per heavy atom. The molecule has 0 aromatic rings. The smallest absolute Gasteiger partial charge is 0.0641 e. The van der Waals surface area contributed by atoms with Crippen molar-refractivity contribution < 1.29 is 4.74 Å². The molecule has 2 heteroatoms. The van der Waals surface area contributed by atoms with Gasteiger partial charge in [0.05, 0.1) is 5.60 Å². The molecule has 1 heterocycles. The fourth-order valence-electron chi connectivity index (χ4n) is 2.44. The quantitative estimate of drug-likeness (QED) is 0.672. The van der Waals surface area contributed by atoms with Crippen molar-refractivity contribution in [2.45, 2.75) is 77.4 Å². The van der Waals surface area contributed by atoms with Gasteiger partial charge in [-0.1, -0.05) is 32.6 Å². The summed E-state index contributed by atoms with van der Waals surface area (Å²) in [7, 11) is 0. The van der Waals surface area contributed by atoms with Crippen molar-refractivity contribution in [3.8, 4) is 0 Å². The second-order valence-electron chi connectivity index (χ2n) is 5.67. The standard InChI is InChI=1S/C14H29NO/c1-4-5-6-7-8-10-15-13-9-11-16-14(2,3)12-13/h13,15H,4-12H2,1-3H3. The van der Waals surface area contributed by atoms with E-state index in [9.17, 15) is 0 Å². The summed E-state index contributed by atoms with van der Waals surface area (Å²) in [6.07, 6.45) is 9.18. The lowest BCUT2D eigenvalue weighted by atomic mass is 9.94. The molecule has 16 heavy (non-hydrogen) atoms. The van der Waals surface area contributed by atoms with Gasteiger partial charge in [-0.15, -0.1) is 0 Å². The Labute approximate surface area is 101 Å². The molecule has 1 rings (SSSR count). The lowest BCUT2D eigenvalue weighted by molar-refractivity contribution is -0.0627. The largest absolute Gasteiger partial charge is 0.375 e. The first-order chi connectivity index (χ1) is 7.64. The summed E-state index contributed by atoms with van der Waals surface area (Å²) in [6.45, 7) is 8.76. The predicted molar refractivity (Wildman–Crippen MR) is 69.8 cm³/mol. The average molecular weight is 227 g/mol. The monoisotopic (exact) mass is 227 g/mol. The van der Waals surface area contributed by atoms with E-state index in [0.717, 1.165) is 13.0 Å². The fraction of sp³-hybridized carbons (Fsp3) is 1.00. The molecule has 0 saturated carbocycles. The topological polar surface area (TPSA) is 21.3 Å². The molecule has 1 saturated heterocycles. The minimum absolute atomic E-state index is 0.0815. The number of nitrogens with one attached hydrogen (secondary N) is 1. The van der Waals surface area contributed by atoms with Gasteiger partial charge in [-0.25, -0.2) is 0 Å². The van der Waals surface area contributed by atoms with Crippen molar-refractivity contribution in [3.05, 3.63) is 0 Å². The van der Waals surface area contributed by atoms with Gasteiger partial charge in [0.2, 0.25) is 0 Å². The first-order valence-corrected chi connectivity index (χ1v) is 7.01. The Hall–Kier alpha value is -0.0800. The summed E-state index contributed by atoms with van der Waals surface area (Å²) < 4.78 is 5.71. The number of ether oxygens (including phenoxy) is 1. The highest BCUT2D eigenvalue weighted by Crippen LogP contribution is 2.23. The van der Waals surface area contributed by atoms with Crippen molar-refractivity contribution >= 4 is 0 Å². The number of hydrogen-bond donors (Lipinski definition) is 1. The molecule has 1 aliphatic heterocycles. The Bertz CT molecular complexity index is 180. The Balaban J connectivity index is 2.00. The molecular weight excluding hydrogens is 198 g/mol. The van der Waals surface area contributed by atoms with Gasteiger partial charge in [-0.05, 0) is 39.7 Å². The molecule has 1 unspecified atom stereocenters. The molecule has 96 valence electrons. The zero-order valence-electron chi connectivity index (χ0n) is 11.3. The maximum Gasteiger partial charge on any atom is 0.0641 e. The van der Waals surface area contributed by atoms with Gasteiger partial charge in [0, 0.05) is 12.6 Å². The molecule has 0 aliphatic carbocycles. The zero-order valence-corrected chi connectivity index (χ0v) is 11.3. The first kappa shape index (κ1) is 14.0. The molecular formula is C14H29NO. The highest BCUT2D eigenvalue weighted by atomic mass is 16.5. The maximum atomic E-state index is 5.71. The second kappa shape index (κ2) is 7.29. The van der Waals surface area contributed by atoms with E-state index in [2.05, 4.69) is 26.1 Å². The van der Waals surface area contributed by atoms with Crippen molar-refractivity contribution in [3.63, 3.8) is 0 Å². The fourth-order valence-corrected chi connectivity index (χ4v) is 2.44. The maximum absolute atomic E-state index is 5.71. The van der Waals surface area contributed by atoms with E-state index >= 15 is 0 Å². The molecule has 0 radical (unpaired) electrons. The van der Waals surface area contributed by atoms with Crippen LogP contribution in [0.5, 0.6) is 0 Å². The molecule has 0 bridgehead atoms. The van der Waals surface area contributed by atoms with Crippen LogP contribution in [0.4, 0.5) is 0 Å². The van der Waals surface area contributed by atoms with Crippen LogP contribution in [0.25, 0.3) is 0 Å². The summed E-state index contributed by atoms with van der Waals surface area (Å²) in [5.74, 6) is 0. The highest BCUT2D eigenvalue weighted by molar-refractivity contribution is 4.82. The van der Waals surface area contributed by atoms with Gasteiger partial charge in [0.1, 0.15) is 0 Å². The van der Waals surface area contributed by atoms with Crippen molar-refractivity contribution in [2.75, 3.05) is 13.2 Å². The van der Waals surface area contributed by atoms with Crippen LogP contribution in [-0.2, 0) is 4.74 Å². The van der Waals surface area contributed by atoms with Gasteiger partial charge in [0.15, 0.2) is 0 Å². The van der Waals surface area contributed by atoms with E-state index in [1.54, 1.807) is 0 Å². The van der Waals surface area contributed by atoms with Crippen LogP contribution < -0.4 is 5.32 Å². The van der Waals surface area contributed by atoms with Crippen LogP contribution in [0.1, 0.15) is 65.7 Å². The predicted octanol–water partition coefficient (Wildman–Crippen LogP) is 3.50. The molecule has 0 aromatic carbocycles. The highest BCUT2D eigenvalue weighted by Gasteiger charge is 2.28. The molecule has 1 N–H and O–H groups in total.